The van der Waals surface area contributed by atoms with Gasteiger partial charge in [0.1, 0.15) is 5.76 Å². The quantitative estimate of drug-likeness (QED) is 0.243. The normalized spacial score (nSPS) is 13.2. The van der Waals surface area contributed by atoms with Gasteiger partial charge in [-0.25, -0.2) is 0 Å². The molecule has 0 aliphatic heterocycles. The number of carbonyl (C=O) groups excluding carboxylic acids is 1. The molecule has 2 aromatic heterocycles. The van der Waals surface area contributed by atoms with Crippen LogP contribution in [0.5, 0.6) is 0 Å². The molecule has 11 heteroatoms. The van der Waals surface area contributed by atoms with E-state index in [-0.39, 0.29) is 29.8 Å². The third kappa shape index (κ3) is 6.13. The van der Waals surface area contributed by atoms with Crippen molar-refractivity contribution in [1.29, 1.82) is 0 Å². The Morgan fingerprint density at radius 2 is 1.44 bits per heavy atom. The summed E-state index contributed by atoms with van der Waals surface area (Å²) >= 11 is 0. The van der Waals surface area contributed by atoms with E-state index in [0.29, 0.717) is 33.5 Å². The molecule has 2 aromatic carbocycles. The van der Waals surface area contributed by atoms with Crippen LogP contribution >= 0.6 is 0 Å². The second kappa shape index (κ2) is 9.95. The minimum absolute atomic E-state index is 0.0881. The maximum Gasteiger partial charge on any atom is 0.416 e. The fourth-order valence-corrected chi connectivity index (χ4v) is 4.69. The minimum Gasteiger partial charge on any atom is -0.361 e. The molecule has 41 heavy (non-hydrogen) atoms. The molecule has 5 nitrogen and oxygen atoms in total. The predicted octanol–water partition coefficient (Wildman–Crippen LogP) is 8.19. The Labute approximate surface area is 233 Å². The molecule has 0 fully saturated rings. The summed E-state index contributed by atoms with van der Waals surface area (Å²) in [6.07, 6.45) is -9.99. The van der Waals surface area contributed by atoms with Crippen molar-refractivity contribution in [3.8, 4) is 11.3 Å². The molecule has 0 saturated carbocycles. The van der Waals surface area contributed by atoms with Crippen molar-refractivity contribution in [2.45, 2.75) is 78.3 Å². The number of amides is 1. The number of nitrogens with one attached hydrogen (secondary N) is 1. The number of fused-ring (bicyclic) bond motifs is 1. The SMILES string of the molecule is Cc1noc(C)c1Cn1c(-c2cc(C(F)(F)F)cc(C(F)(F)F)c2)cc2cc(C(C)(C)C(=O)NC(C)(C)C)ccc21. The second-order valence-electron chi connectivity index (χ2n) is 11.8. The van der Waals surface area contributed by atoms with E-state index in [9.17, 15) is 31.1 Å². The monoisotopic (exact) mass is 579 g/mol. The van der Waals surface area contributed by atoms with Crippen LogP contribution in [0, 0.1) is 13.8 Å². The van der Waals surface area contributed by atoms with E-state index < -0.39 is 34.4 Å². The van der Waals surface area contributed by atoms with Crippen molar-refractivity contribution < 1.29 is 35.7 Å². The molecule has 0 radical (unpaired) electrons. The number of aryl methyl sites for hydroxylation is 2. The van der Waals surface area contributed by atoms with Crippen molar-refractivity contribution in [3.05, 3.63) is 76.2 Å². The van der Waals surface area contributed by atoms with Crippen LogP contribution in [0.25, 0.3) is 22.2 Å². The molecule has 4 rings (SSSR count). The summed E-state index contributed by atoms with van der Waals surface area (Å²) in [6.45, 7) is 12.5. The smallest absolute Gasteiger partial charge is 0.361 e. The van der Waals surface area contributed by atoms with Crippen LogP contribution in [0.1, 0.15) is 68.3 Å². The third-order valence-corrected chi connectivity index (χ3v) is 7.06. The van der Waals surface area contributed by atoms with Crippen LogP contribution in [0.3, 0.4) is 0 Å². The molecular formula is C30H31F6N3O2. The van der Waals surface area contributed by atoms with Crippen LogP contribution in [0.15, 0.2) is 47.0 Å². The average molecular weight is 580 g/mol. The van der Waals surface area contributed by atoms with Crippen molar-refractivity contribution in [2.24, 2.45) is 0 Å². The molecule has 0 aliphatic carbocycles. The van der Waals surface area contributed by atoms with Crippen LogP contribution in [0.4, 0.5) is 26.3 Å². The first-order chi connectivity index (χ1) is 18.7. The van der Waals surface area contributed by atoms with Crippen LogP contribution in [0.2, 0.25) is 0 Å². The Morgan fingerprint density at radius 1 is 0.854 bits per heavy atom. The van der Waals surface area contributed by atoms with Gasteiger partial charge in [0.2, 0.25) is 5.91 Å². The zero-order valence-electron chi connectivity index (χ0n) is 23.7. The molecule has 0 aliphatic rings. The summed E-state index contributed by atoms with van der Waals surface area (Å²) in [7, 11) is 0. The average Bonchev–Trinajstić information content (AvgIpc) is 3.36. The lowest BCUT2D eigenvalue weighted by atomic mass is 9.82. The summed E-state index contributed by atoms with van der Waals surface area (Å²) in [5.41, 5.74) is -1.99. The minimum atomic E-state index is -4.99. The van der Waals surface area contributed by atoms with Crippen molar-refractivity contribution in [2.75, 3.05) is 0 Å². The Kier molecular flexibility index (Phi) is 7.33. The van der Waals surface area contributed by atoms with Crippen LogP contribution < -0.4 is 5.32 Å². The first-order valence-electron chi connectivity index (χ1n) is 12.9. The van der Waals surface area contributed by atoms with Gasteiger partial charge in [0, 0.05) is 27.7 Å². The third-order valence-electron chi connectivity index (χ3n) is 7.06. The molecule has 1 N–H and O–H groups in total. The summed E-state index contributed by atoms with van der Waals surface area (Å²) < 4.78 is 89.2. The number of alkyl halides is 6. The highest BCUT2D eigenvalue weighted by Gasteiger charge is 2.38. The van der Waals surface area contributed by atoms with E-state index in [0.717, 1.165) is 12.1 Å². The maximum atomic E-state index is 13.7. The van der Waals surface area contributed by atoms with Crippen molar-refractivity contribution >= 4 is 16.8 Å². The number of benzene rings is 2. The number of hydrogen-bond donors (Lipinski definition) is 1. The molecule has 2 heterocycles. The Bertz CT molecular complexity index is 1570. The van der Waals surface area contributed by atoms with Gasteiger partial charge in [-0.1, -0.05) is 11.2 Å². The molecule has 0 unspecified atom stereocenters. The van der Waals surface area contributed by atoms with Gasteiger partial charge < -0.3 is 14.4 Å². The van der Waals surface area contributed by atoms with Gasteiger partial charge >= 0.3 is 12.4 Å². The van der Waals surface area contributed by atoms with Gasteiger partial charge in [-0.2, -0.15) is 26.3 Å². The maximum absolute atomic E-state index is 13.7. The fourth-order valence-electron chi connectivity index (χ4n) is 4.69. The van der Waals surface area contributed by atoms with Gasteiger partial charge in [-0.05, 0) is 96.0 Å². The standard InChI is InChI=1S/C30H31F6N3O2/c1-16-23(17(2)41-38-16)15-39-24-9-8-20(28(6,7)26(40)37-27(3,4)5)10-19(24)13-25(39)18-11-21(29(31,32)33)14-22(12-18)30(34,35)36/h8-14H,15H2,1-7H3,(H,37,40). The predicted molar refractivity (Wildman–Crippen MR) is 143 cm³/mol. The Balaban J connectivity index is 1.97. The van der Waals surface area contributed by atoms with E-state index >= 15 is 0 Å². The molecule has 0 spiro atoms. The zero-order chi connectivity index (χ0) is 30.7. The molecule has 4 aromatic rings. The van der Waals surface area contributed by atoms with E-state index in [4.69, 9.17) is 4.52 Å². The van der Waals surface area contributed by atoms with E-state index in [2.05, 4.69) is 10.5 Å². The van der Waals surface area contributed by atoms with E-state index in [1.165, 1.54) is 0 Å². The summed E-state index contributed by atoms with van der Waals surface area (Å²) in [4.78, 5) is 13.1. The second-order valence-corrected chi connectivity index (χ2v) is 11.8. The number of hydrogen-bond acceptors (Lipinski definition) is 3. The van der Waals surface area contributed by atoms with E-state index in [1.807, 2.05) is 20.8 Å². The van der Waals surface area contributed by atoms with Gasteiger partial charge in [0.25, 0.3) is 0 Å². The number of carbonyl (C=O) groups is 1. The zero-order valence-corrected chi connectivity index (χ0v) is 23.7. The number of nitrogens with zero attached hydrogens (tertiary/aromatic N) is 2. The Morgan fingerprint density at radius 3 is 1.93 bits per heavy atom. The van der Waals surface area contributed by atoms with Gasteiger partial charge in [0.05, 0.1) is 28.8 Å². The summed E-state index contributed by atoms with van der Waals surface area (Å²) in [5, 5.41) is 7.44. The Hall–Kier alpha value is -3.76. The molecule has 1 amide bonds. The highest BCUT2D eigenvalue weighted by atomic mass is 19.4. The fraction of sp³-hybridized carbons (Fsp3) is 0.400. The van der Waals surface area contributed by atoms with E-state index in [1.54, 1.807) is 56.5 Å². The first-order valence-corrected chi connectivity index (χ1v) is 12.9. The first kappa shape index (κ1) is 30.2. The molecular weight excluding hydrogens is 548 g/mol. The number of aromatic nitrogens is 2. The van der Waals surface area contributed by atoms with Crippen molar-refractivity contribution in [1.82, 2.24) is 15.0 Å². The lowest BCUT2D eigenvalue weighted by Crippen LogP contribution is -2.48. The molecule has 0 atom stereocenters. The number of halogens is 6. The van der Waals surface area contributed by atoms with Crippen molar-refractivity contribution in [3.63, 3.8) is 0 Å². The van der Waals surface area contributed by atoms with Crippen LogP contribution in [-0.2, 0) is 29.1 Å². The lowest BCUT2D eigenvalue weighted by Gasteiger charge is -2.30. The largest absolute Gasteiger partial charge is 0.416 e. The summed E-state index contributed by atoms with van der Waals surface area (Å²) in [6, 6.07) is 8.29. The van der Waals surface area contributed by atoms with Gasteiger partial charge in [-0.15, -0.1) is 0 Å². The molecule has 220 valence electrons. The summed E-state index contributed by atoms with van der Waals surface area (Å²) in [5.74, 6) is 0.249. The molecule has 0 bridgehead atoms. The van der Waals surface area contributed by atoms with Crippen LogP contribution in [-0.4, -0.2) is 21.2 Å². The highest BCUT2D eigenvalue weighted by Crippen LogP contribution is 2.41. The highest BCUT2D eigenvalue weighted by molar-refractivity contribution is 5.92. The number of rotatable bonds is 5. The lowest BCUT2D eigenvalue weighted by molar-refractivity contribution is -0.143. The van der Waals surface area contributed by atoms with Gasteiger partial charge in [-0.3, -0.25) is 4.79 Å². The van der Waals surface area contributed by atoms with Gasteiger partial charge in [0.15, 0.2) is 0 Å². The topological polar surface area (TPSA) is 60.1 Å². The molecule has 0 saturated heterocycles.